The third-order valence-corrected chi connectivity index (χ3v) is 3.53. The fraction of sp³-hybridized carbons (Fsp3) is 0.125. The Morgan fingerprint density at radius 3 is 2.48 bits per heavy atom. The predicted molar refractivity (Wildman–Crippen MR) is 80.4 cm³/mol. The van der Waals surface area contributed by atoms with Crippen molar-refractivity contribution in [3.05, 3.63) is 70.2 Å². The van der Waals surface area contributed by atoms with Crippen molar-refractivity contribution in [1.82, 2.24) is 5.32 Å². The first-order chi connectivity index (χ1) is 10.9. The van der Waals surface area contributed by atoms with Crippen LogP contribution in [-0.4, -0.2) is 23.0 Å². The third-order valence-electron chi connectivity index (χ3n) is 3.16. The van der Waals surface area contributed by atoms with E-state index >= 15 is 0 Å². The third kappa shape index (κ3) is 4.26. The molecular weight excluding hydrogens is 328 g/mol. The van der Waals surface area contributed by atoms with Crippen LogP contribution in [0, 0.1) is 11.6 Å². The number of hydrogen-bond acceptors (Lipinski definition) is 2. The van der Waals surface area contributed by atoms with E-state index in [2.05, 4.69) is 5.32 Å². The van der Waals surface area contributed by atoms with E-state index in [4.69, 9.17) is 11.6 Å². The van der Waals surface area contributed by atoms with Gasteiger partial charge in [-0.25, -0.2) is 13.6 Å². The van der Waals surface area contributed by atoms with Gasteiger partial charge in [0.1, 0.15) is 17.7 Å². The van der Waals surface area contributed by atoms with Gasteiger partial charge in [0.15, 0.2) is 0 Å². The van der Waals surface area contributed by atoms with Crippen LogP contribution in [0.25, 0.3) is 0 Å². The quantitative estimate of drug-likeness (QED) is 0.880. The number of carboxylic acids is 1. The maximum Gasteiger partial charge on any atom is 0.326 e. The van der Waals surface area contributed by atoms with Crippen molar-refractivity contribution < 1.29 is 23.5 Å². The SMILES string of the molecule is O=C(N[C@@H](Cc1ccccc1Cl)C(=O)O)c1ccc(F)cc1F. The number of carboxylic acid groups (broad SMARTS) is 1. The van der Waals surface area contributed by atoms with Crippen molar-refractivity contribution in [3.8, 4) is 0 Å². The van der Waals surface area contributed by atoms with Crippen LogP contribution in [0.15, 0.2) is 42.5 Å². The van der Waals surface area contributed by atoms with Gasteiger partial charge in [-0.05, 0) is 23.8 Å². The fourth-order valence-electron chi connectivity index (χ4n) is 1.99. The van der Waals surface area contributed by atoms with Gasteiger partial charge in [-0.3, -0.25) is 4.79 Å². The summed E-state index contributed by atoms with van der Waals surface area (Å²) < 4.78 is 26.4. The van der Waals surface area contributed by atoms with Gasteiger partial charge in [-0.2, -0.15) is 0 Å². The highest BCUT2D eigenvalue weighted by Gasteiger charge is 2.23. The summed E-state index contributed by atoms with van der Waals surface area (Å²) in [5, 5.41) is 11.8. The minimum absolute atomic E-state index is 0.0659. The lowest BCUT2D eigenvalue weighted by Gasteiger charge is -2.15. The molecule has 2 aromatic rings. The number of halogens is 3. The first-order valence-corrected chi connectivity index (χ1v) is 6.98. The highest BCUT2D eigenvalue weighted by molar-refractivity contribution is 6.31. The van der Waals surface area contributed by atoms with Crippen LogP contribution in [0.2, 0.25) is 5.02 Å². The molecule has 2 aromatic carbocycles. The molecule has 7 heteroatoms. The van der Waals surface area contributed by atoms with Crippen LogP contribution in [0.3, 0.4) is 0 Å². The molecule has 0 radical (unpaired) electrons. The summed E-state index contributed by atoms with van der Waals surface area (Å²) in [6, 6.07) is 7.72. The van der Waals surface area contributed by atoms with E-state index in [1.807, 2.05) is 0 Å². The van der Waals surface area contributed by atoms with E-state index < -0.39 is 35.1 Å². The minimum atomic E-state index is -1.30. The Kier molecular flexibility index (Phi) is 5.28. The maximum absolute atomic E-state index is 13.6. The van der Waals surface area contributed by atoms with E-state index in [0.29, 0.717) is 16.7 Å². The Hall–Kier alpha value is -2.47. The minimum Gasteiger partial charge on any atom is -0.480 e. The number of nitrogens with one attached hydrogen (secondary N) is 1. The van der Waals surface area contributed by atoms with Crippen molar-refractivity contribution in [2.75, 3.05) is 0 Å². The Morgan fingerprint density at radius 1 is 1.17 bits per heavy atom. The monoisotopic (exact) mass is 339 g/mol. The van der Waals surface area contributed by atoms with Crippen molar-refractivity contribution in [2.45, 2.75) is 12.5 Å². The molecule has 2 rings (SSSR count). The molecule has 1 amide bonds. The summed E-state index contributed by atoms with van der Waals surface area (Å²) in [4.78, 5) is 23.3. The molecule has 0 aliphatic rings. The zero-order chi connectivity index (χ0) is 17.0. The molecule has 0 heterocycles. The number of aliphatic carboxylic acids is 1. The summed E-state index contributed by atoms with van der Waals surface area (Å²) in [6.45, 7) is 0. The molecule has 23 heavy (non-hydrogen) atoms. The van der Waals surface area contributed by atoms with Gasteiger partial charge in [-0.15, -0.1) is 0 Å². The number of rotatable bonds is 5. The molecule has 4 nitrogen and oxygen atoms in total. The standard InChI is InChI=1S/C16H12ClF2NO3/c17-12-4-2-1-3-9(12)7-14(16(22)23)20-15(21)11-6-5-10(18)8-13(11)19/h1-6,8,14H,7H2,(H,20,21)(H,22,23)/t14-/m0/s1. The Morgan fingerprint density at radius 2 is 1.87 bits per heavy atom. The van der Waals surface area contributed by atoms with Crippen molar-refractivity contribution in [2.24, 2.45) is 0 Å². The van der Waals surface area contributed by atoms with E-state index in [0.717, 1.165) is 12.1 Å². The largest absolute Gasteiger partial charge is 0.480 e. The second-order valence-electron chi connectivity index (χ2n) is 4.78. The lowest BCUT2D eigenvalue weighted by molar-refractivity contribution is -0.139. The topological polar surface area (TPSA) is 66.4 Å². The van der Waals surface area contributed by atoms with Crippen molar-refractivity contribution >= 4 is 23.5 Å². The summed E-state index contributed by atoms with van der Waals surface area (Å²) in [5.41, 5.74) is 0.0956. The zero-order valence-electron chi connectivity index (χ0n) is 11.7. The molecule has 0 bridgehead atoms. The maximum atomic E-state index is 13.6. The normalized spacial score (nSPS) is 11.8. The molecule has 2 N–H and O–H groups in total. The number of hydrogen-bond donors (Lipinski definition) is 2. The highest BCUT2D eigenvalue weighted by Crippen LogP contribution is 2.17. The molecule has 0 fully saturated rings. The number of amides is 1. The average Bonchev–Trinajstić information content (AvgIpc) is 2.48. The molecule has 0 aliphatic heterocycles. The summed E-state index contributed by atoms with van der Waals surface area (Å²) >= 11 is 5.96. The van der Waals surface area contributed by atoms with Crippen LogP contribution in [0.4, 0.5) is 8.78 Å². The lowest BCUT2D eigenvalue weighted by atomic mass is 10.1. The van der Waals surface area contributed by atoms with Gasteiger partial charge >= 0.3 is 5.97 Å². The molecule has 1 atom stereocenters. The van der Waals surface area contributed by atoms with Gasteiger partial charge in [-0.1, -0.05) is 29.8 Å². The lowest BCUT2D eigenvalue weighted by Crippen LogP contribution is -2.42. The Bertz CT molecular complexity index is 752. The van der Waals surface area contributed by atoms with Gasteiger partial charge < -0.3 is 10.4 Å². The van der Waals surface area contributed by atoms with Gasteiger partial charge in [0.25, 0.3) is 5.91 Å². The predicted octanol–water partition coefficient (Wildman–Crippen LogP) is 3.04. The van der Waals surface area contributed by atoms with E-state index in [-0.39, 0.29) is 6.42 Å². The van der Waals surface area contributed by atoms with Crippen LogP contribution >= 0.6 is 11.6 Å². The van der Waals surface area contributed by atoms with E-state index in [9.17, 15) is 23.5 Å². The van der Waals surface area contributed by atoms with Crippen molar-refractivity contribution in [1.29, 1.82) is 0 Å². The average molecular weight is 340 g/mol. The Labute approximate surface area is 135 Å². The molecule has 0 unspecified atom stereocenters. The van der Waals surface area contributed by atoms with Crippen LogP contribution in [-0.2, 0) is 11.2 Å². The van der Waals surface area contributed by atoms with E-state index in [1.54, 1.807) is 24.3 Å². The smallest absolute Gasteiger partial charge is 0.326 e. The first kappa shape index (κ1) is 16.9. The number of benzene rings is 2. The van der Waals surface area contributed by atoms with Gasteiger partial charge in [0.05, 0.1) is 5.56 Å². The molecule has 0 saturated carbocycles. The molecule has 0 saturated heterocycles. The molecule has 0 spiro atoms. The second kappa shape index (κ2) is 7.19. The molecule has 120 valence electrons. The molecule has 0 aliphatic carbocycles. The number of carbonyl (C=O) groups excluding carboxylic acids is 1. The highest BCUT2D eigenvalue weighted by atomic mass is 35.5. The second-order valence-corrected chi connectivity index (χ2v) is 5.19. The van der Waals surface area contributed by atoms with Gasteiger partial charge in [0.2, 0.25) is 0 Å². The van der Waals surface area contributed by atoms with E-state index in [1.165, 1.54) is 0 Å². The van der Waals surface area contributed by atoms with Crippen molar-refractivity contribution in [3.63, 3.8) is 0 Å². The molecule has 0 aromatic heterocycles. The summed E-state index contributed by atoms with van der Waals surface area (Å²) in [7, 11) is 0. The summed E-state index contributed by atoms with van der Waals surface area (Å²) in [5.74, 6) is -4.13. The van der Waals surface area contributed by atoms with Gasteiger partial charge in [0, 0.05) is 17.5 Å². The fourth-order valence-corrected chi connectivity index (χ4v) is 2.21. The van der Waals surface area contributed by atoms with Crippen LogP contribution in [0.5, 0.6) is 0 Å². The number of carbonyl (C=O) groups is 2. The molecular formula is C16H12ClF2NO3. The zero-order valence-corrected chi connectivity index (χ0v) is 12.5. The van der Waals surface area contributed by atoms with Crippen LogP contribution < -0.4 is 5.32 Å². The first-order valence-electron chi connectivity index (χ1n) is 6.60. The van der Waals surface area contributed by atoms with Crippen LogP contribution in [0.1, 0.15) is 15.9 Å². The Balaban J connectivity index is 2.18. The summed E-state index contributed by atoms with van der Waals surface area (Å²) in [6.07, 6.45) is -0.0659.